The molecule has 1 saturated carbocycles. The van der Waals surface area contributed by atoms with Crippen LogP contribution in [0.5, 0.6) is 0 Å². The minimum absolute atomic E-state index is 0.0771. The zero-order valence-electron chi connectivity index (χ0n) is 10.3. The molecule has 0 radical (unpaired) electrons. The van der Waals surface area contributed by atoms with Gasteiger partial charge in [0.1, 0.15) is 12.2 Å². The van der Waals surface area contributed by atoms with Crippen LogP contribution in [0.15, 0.2) is 0 Å². The van der Waals surface area contributed by atoms with Crippen LogP contribution in [0.1, 0.15) is 40.5 Å². The van der Waals surface area contributed by atoms with Crippen LogP contribution in [0.2, 0.25) is 0 Å². The van der Waals surface area contributed by atoms with Crippen molar-refractivity contribution in [3.05, 3.63) is 0 Å². The molecule has 0 aromatic rings. The Morgan fingerprint density at radius 3 is 2.56 bits per heavy atom. The Hall–Kier alpha value is -0.610. The molecular weight excluding hydrogens is 208 g/mol. The zero-order chi connectivity index (χ0) is 12.1. The zero-order valence-corrected chi connectivity index (χ0v) is 10.3. The maximum Gasteiger partial charge on any atom is 0.303 e. The topological polar surface area (TPSA) is 55.8 Å². The molecule has 4 heteroatoms. The number of esters is 1. The van der Waals surface area contributed by atoms with Crippen molar-refractivity contribution in [3.63, 3.8) is 0 Å². The van der Waals surface area contributed by atoms with E-state index in [-0.39, 0.29) is 17.5 Å². The number of carbonyl (C=O) groups excluding carboxylic acids is 1. The summed E-state index contributed by atoms with van der Waals surface area (Å²) < 4.78 is 11.2. The SMILES string of the molecule is CC(=O)O[C@@H]1[C@@H]2CC[C@@](C)(OC2(C)C)[C@H]1O. The summed E-state index contributed by atoms with van der Waals surface area (Å²) in [5.74, 6) is -0.260. The maximum absolute atomic E-state index is 11.1. The molecule has 3 rings (SSSR count). The Bertz CT molecular complexity index is 312. The first-order chi connectivity index (χ1) is 7.26. The maximum atomic E-state index is 11.1. The number of hydrogen-bond donors (Lipinski definition) is 1. The van der Waals surface area contributed by atoms with E-state index in [0.29, 0.717) is 0 Å². The highest BCUT2D eigenvalue weighted by Gasteiger charge is 2.60. The smallest absolute Gasteiger partial charge is 0.303 e. The fourth-order valence-electron chi connectivity index (χ4n) is 3.19. The quantitative estimate of drug-likeness (QED) is 0.686. The van der Waals surface area contributed by atoms with Crippen molar-refractivity contribution in [3.8, 4) is 0 Å². The van der Waals surface area contributed by atoms with E-state index >= 15 is 0 Å². The van der Waals surface area contributed by atoms with Crippen LogP contribution in [0.25, 0.3) is 0 Å². The highest BCUT2D eigenvalue weighted by Crippen LogP contribution is 2.50. The van der Waals surface area contributed by atoms with Crippen molar-refractivity contribution in [2.45, 2.75) is 63.9 Å². The summed E-state index contributed by atoms with van der Waals surface area (Å²) in [7, 11) is 0. The van der Waals surface area contributed by atoms with Gasteiger partial charge < -0.3 is 14.6 Å². The number of rotatable bonds is 1. The van der Waals surface area contributed by atoms with E-state index in [2.05, 4.69) is 0 Å². The van der Waals surface area contributed by atoms with Crippen LogP contribution < -0.4 is 0 Å². The first kappa shape index (κ1) is 11.9. The third kappa shape index (κ3) is 1.64. The molecule has 3 fully saturated rings. The van der Waals surface area contributed by atoms with Crippen LogP contribution >= 0.6 is 0 Å². The molecule has 2 aliphatic heterocycles. The summed E-state index contributed by atoms with van der Waals surface area (Å²) in [5.41, 5.74) is -0.926. The van der Waals surface area contributed by atoms with Crippen molar-refractivity contribution < 1.29 is 19.4 Å². The van der Waals surface area contributed by atoms with Gasteiger partial charge in [-0.3, -0.25) is 4.79 Å². The van der Waals surface area contributed by atoms with E-state index in [1.54, 1.807) is 0 Å². The van der Waals surface area contributed by atoms with Gasteiger partial charge in [-0.15, -0.1) is 0 Å². The van der Waals surface area contributed by atoms with E-state index in [1.807, 2.05) is 20.8 Å². The lowest BCUT2D eigenvalue weighted by Gasteiger charge is -2.59. The molecule has 2 saturated heterocycles. The van der Waals surface area contributed by atoms with Crippen molar-refractivity contribution in [2.75, 3.05) is 0 Å². The van der Waals surface area contributed by atoms with Gasteiger partial charge in [0.25, 0.3) is 0 Å². The third-order valence-electron chi connectivity index (χ3n) is 3.98. The fourth-order valence-corrected chi connectivity index (χ4v) is 3.19. The van der Waals surface area contributed by atoms with Crippen molar-refractivity contribution >= 4 is 5.97 Å². The summed E-state index contributed by atoms with van der Waals surface area (Å²) in [6, 6.07) is 0. The van der Waals surface area contributed by atoms with Crippen molar-refractivity contribution in [1.29, 1.82) is 0 Å². The number of fused-ring (bicyclic) bond motifs is 3. The molecule has 4 nitrogen and oxygen atoms in total. The second-order valence-electron chi connectivity index (χ2n) is 5.68. The summed E-state index contributed by atoms with van der Waals surface area (Å²) in [6.07, 6.45) is 0.599. The van der Waals surface area contributed by atoms with Crippen LogP contribution in [0.3, 0.4) is 0 Å². The molecular formula is C12H20O4. The van der Waals surface area contributed by atoms with Gasteiger partial charge in [-0.2, -0.15) is 0 Å². The van der Waals surface area contributed by atoms with Crippen LogP contribution in [0, 0.1) is 5.92 Å². The molecule has 4 atom stereocenters. The number of carbonyl (C=O) groups is 1. The number of ether oxygens (including phenoxy) is 2. The Labute approximate surface area is 95.9 Å². The molecule has 3 aliphatic rings. The lowest BCUT2D eigenvalue weighted by atomic mass is 9.65. The van der Waals surface area contributed by atoms with E-state index in [0.717, 1.165) is 12.8 Å². The molecule has 0 aromatic heterocycles. The Morgan fingerprint density at radius 1 is 1.44 bits per heavy atom. The minimum Gasteiger partial charge on any atom is -0.459 e. The van der Waals surface area contributed by atoms with Gasteiger partial charge >= 0.3 is 5.97 Å². The second-order valence-corrected chi connectivity index (χ2v) is 5.68. The average Bonchev–Trinajstić information content (AvgIpc) is 2.10. The van der Waals surface area contributed by atoms with E-state index in [9.17, 15) is 9.90 Å². The van der Waals surface area contributed by atoms with Crippen LogP contribution in [0.4, 0.5) is 0 Å². The summed E-state index contributed by atoms with van der Waals surface area (Å²) in [4.78, 5) is 11.1. The fraction of sp³-hybridized carbons (Fsp3) is 0.917. The van der Waals surface area contributed by atoms with Gasteiger partial charge in [0.15, 0.2) is 0 Å². The number of aliphatic hydroxyl groups excluding tert-OH is 1. The van der Waals surface area contributed by atoms with Crippen molar-refractivity contribution in [2.24, 2.45) is 5.92 Å². The van der Waals surface area contributed by atoms with Gasteiger partial charge in [0.2, 0.25) is 0 Å². The van der Waals surface area contributed by atoms with Gasteiger partial charge in [-0.1, -0.05) is 0 Å². The first-order valence-corrected chi connectivity index (χ1v) is 5.82. The molecule has 2 bridgehead atoms. The summed E-state index contributed by atoms with van der Waals surface area (Å²) in [5, 5.41) is 10.2. The monoisotopic (exact) mass is 228 g/mol. The third-order valence-corrected chi connectivity index (χ3v) is 3.98. The molecule has 16 heavy (non-hydrogen) atoms. The van der Waals surface area contributed by atoms with Gasteiger partial charge in [-0.05, 0) is 33.6 Å². The number of aliphatic hydroxyl groups is 1. The molecule has 1 N–H and O–H groups in total. The van der Waals surface area contributed by atoms with E-state index < -0.39 is 17.8 Å². The normalized spacial score (nSPS) is 45.4. The molecule has 1 aliphatic carbocycles. The predicted octanol–water partition coefficient (Wildman–Crippen LogP) is 1.26. The van der Waals surface area contributed by atoms with Gasteiger partial charge in [0, 0.05) is 12.8 Å². The molecule has 0 amide bonds. The summed E-state index contributed by atoms with van der Waals surface area (Å²) >= 11 is 0. The molecule has 92 valence electrons. The number of hydrogen-bond acceptors (Lipinski definition) is 4. The molecule has 0 spiro atoms. The lowest BCUT2D eigenvalue weighted by molar-refractivity contribution is -0.311. The Kier molecular flexibility index (Phi) is 2.55. The van der Waals surface area contributed by atoms with E-state index in [4.69, 9.17) is 9.47 Å². The minimum atomic E-state index is -0.719. The van der Waals surface area contributed by atoms with Crippen molar-refractivity contribution in [1.82, 2.24) is 0 Å². The summed E-state index contributed by atoms with van der Waals surface area (Å²) in [6.45, 7) is 7.27. The largest absolute Gasteiger partial charge is 0.459 e. The Balaban J connectivity index is 2.29. The second kappa shape index (κ2) is 3.44. The molecule has 0 unspecified atom stereocenters. The standard InChI is InChI=1S/C12H20O4/c1-7(13)15-9-8-5-6-12(4,10(9)14)16-11(8,2)3/h8-10,14H,5-6H2,1-4H3/t8-,9+,10-,12+/m0/s1. The van der Waals surface area contributed by atoms with E-state index in [1.165, 1.54) is 6.92 Å². The lowest BCUT2D eigenvalue weighted by Crippen LogP contribution is -2.68. The average molecular weight is 228 g/mol. The molecule has 2 heterocycles. The van der Waals surface area contributed by atoms with Gasteiger partial charge in [0.05, 0.1) is 11.2 Å². The highest BCUT2D eigenvalue weighted by atomic mass is 16.6. The van der Waals surface area contributed by atoms with Crippen LogP contribution in [-0.4, -0.2) is 34.5 Å². The van der Waals surface area contributed by atoms with Crippen LogP contribution in [-0.2, 0) is 14.3 Å². The molecule has 0 aromatic carbocycles. The van der Waals surface area contributed by atoms with Gasteiger partial charge in [-0.25, -0.2) is 0 Å². The predicted molar refractivity (Wildman–Crippen MR) is 57.9 cm³/mol. The highest BCUT2D eigenvalue weighted by molar-refractivity contribution is 5.66. The Morgan fingerprint density at radius 2 is 2.06 bits per heavy atom. The first-order valence-electron chi connectivity index (χ1n) is 5.82.